The van der Waals surface area contributed by atoms with Crippen molar-refractivity contribution in [3.8, 4) is 0 Å². The smallest absolute Gasteiger partial charge is 0.726 e. The number of aliphatic carboxylic acids is 7. The van der Waals surface area contributed by atoms with Gasteiger partial charge in [-0.2, -0.15) is 0 Å². The molecule has 0 radical (unpaired) electrons. The first-order valence-corrected chi connectivity index (χ1v) is 30.7. The van der Waals surface area contributed by atoms with Crippen LogP contribution < -0.4 is 312 Å². The van der Waals surface area contributed by atoms with Gasteiger partial charge in [-0.1, -0.05) is 0 Å². The molecule has 3 N–H and O–H groups in total. The molecule has 0 spiro atoms. The summed E-state index contributed by atoms with van der Waals surface area (Å²) in [5, 5.41) is 99.1. The minimum Gasteiger partial charge on any atom is -0.726 e. The molecule has 106 heavy (non-hydrogen) atoms. The summed E-state index contributed by atoms with van der Waals surface area (Å²) in [5.74, 6) is -24.9. The van der Waals surface area contributed by atoms with E-state index in [1.54, 1.807) is 0 Å². The van der Waals surface area contributed by atoms with Crippen LogP contribution in [0.25, 0.3) is 0 Å². The van der Waals surface area contributed by atoms with E-state index >= 15 is 0 Å². The number of carboxylic acids is 7. The summed E-state index contributed by atoms with van der Waals surface area (Å²) in [5.41, 5.74) is 0. The Morgan fingerprint density at radius 2 is 0.698 bits per heavy atom. The number of aliphatic hydroxyl groups excluding tert-OH is 1. The second-order valence-electron chi connectivity index (χ2n) is 20.9. The van der Waals surface area contributed by atoms with Crippen molar-refractivity contribution in [3.63, 3.8) is 0 Å². The van der Waals surface area contributed by atoms with E-state index < -0.39 is 304 Å². The predicted octanol–water partition coefficient (Wildman–Crippen LogP) is -42.8. The van der Waals surface area contributed by atoms with Crippen LogP contribution in [0.3, 0.4) is 0 Å². The molecule has 548 valence electrons. The van der Waals surface area contributed by atoms with Gasteiger partial charge < -0.3 is 156 Å². The van der Waals surface area contributed by atoms with Gasteiger partial charge in [-0.15, -0.1) is 0 Å². The van der Waals surface area contributed by atoms with Gasteiger partial charge >= 0.3 is 296 Å². The van der Waals surface area contributed by atoms with E-state index in [1.807, 2.05) is 5.32 Å². The number of carboxylic acid groups (broad SMARTS) is 7. The third kappa shape index (κ3) is 40.2. The SMILES string of the molecule is COC1C(NC(C)=O)C(OC2C(C(=O)[O-])OC(OC3C(NC(C)=O)C(OC4C(C(=O)[O-])OC(C)C(OC(=O)CCC(=O)[O-])C4O)OC(COC(=O)CCC(=O)[O-])C3OS(=O)(=O)[O-])C(OC(=O)CCC(=O)[O-])C2OC(=O)CCC(=O)[O-])OC(COC(=O)CCC(=O)[O-])C1OS(=O)(=O)[O-].[Na+].[Na+].[Na+].[Na+].[Na+].[Na+].[Na+].[Na+].[Na+]. The molecule has 0 bridgehead atoms. The number of rotatable bonds is 37. The number of aliphatic hydroxyl groups is 1. The van der Waals surface area contributed by atoms with Gasteiger partial charge in [-0.05, 0) is 39.0 Å². The number of amides is 2. The van der Waals surface area contributed by atoms with Crippen LogP contribution in [0, 0.1) is 0 Å². The molecular formula is C50H59N2Na9O43S2. The Balaban J connectivity index is -0.00000278. The van der Waals surface area contributed by atoms with Crippen molar-refractivity contribution in [2.24, 2.45) is 0 Å². The molecule has 4 aliphatic heterocycles. The van der Waals surface area contributed by atoms with E-state index in [4.69, 9.17) is 65.8 Å². The maximum Gasteiger partial charge on any atom is 1.00 e. The third-order valence-electron chi connectivity index (χ3n) is 13.7. The van der Waals surface area contributed by atoms with Crippen LogP contribution in [-0.4, -0.2) is 257 Å². The molecule has 4 fully saturated rings. The largest absolute Gasteiger partial charge is 1.00 e. The number of hydrogen-bond acceptors (Lipinski definition) is 43. The molecule has 0 saturated carbocycles. The fourth-order valence-corrected chi connectivity index (χ4v) is 10.7. The van der Waals surface area contributed by atoms with Gasteiger partial charge in [0.1, 0.15) is 92.4 Å². The van der Waals surface area contributed by atoms with Gasteiger partial charge in [0.05, 0.1) is 50.1 Å². The van der Waals surface area contributed by atoms with Gasteiger partial charge in [0.2, 0.25) is 32.6 Å². The molecule has 2 amide bonds. The van der Waals surface area contributed by atoms with E-state index in [9.17, 15) is 134 Å². The maximum absolute atomic E-state index is 13.8. The van der Waals surface area contributed by atoms with Crippen LogP contribution in [0.4, 0.5) is 0 Å². The summed E-state index contributed by atoms with van der Waals surface area (Å²) in [6, 6.07) is -4.85. The van der Waals surface area contributed by atoms with Crippen molar-refractivity contribution in [1.82, 2.24) is 10.6 Å². The summed E-state index contributed by atoms with van der Waals surface area (Å²) in [6.45, 7) is -0.485. The maximum atomic E-state index is 13.8. The predicted molar refractivity (Wildman–Crippen MR) is 269 cm³/mol. The normalized spacial score (nSPS) is 27.8. The standard InChI is InChI=1S/C50H68N2O43S2.9Na/c1-17-35(87-29(67)12-7-24(59)60)34(70)40(43(84-17)46(71)72)91-49-33(52-19(3)54)39(37(95-97(78,79)80)21(86-49)16-83-28(66)11-6-23(57)58)90-50-45(89-31(69)14-9-26(63)64)42(88-30(68)13-8-25(61)62)41(44(93-50)47(73)74)92-48-32(51-18(2)53)38(81-4)36(94-96(75,76)77)20(85-48)15-82-27(65)10-5-22(55)56;;;;;;;;;/h17,20-21,32-45,48-50,70H,5-16H2,1-4H3,(H,51,53)(H,52,54)(H,55,56)(H,57,58)(H,59,60)(H,61,62)(H,63,64)(H,71,72)(H,73,74)(H,75,76,77)(H,78,79,80);;;;;;;;;/q;9*+1/p-9. The topological polar surface area (TPSA) is 698 Å². The fourth-order valence-electron chi connectivity index (χ4n) is 9.70. The summed E-state index contributed by atoms with van der Waals surface area (Å²) >= 11 is 0. The zero-order valence-electron chi connectivity index (χ0n) is 59.4. The zero-order valence-corrected chi connectivity index (χ0v) is 79.1. The van der Waals surface area contributed by atoms with Gasteiger partial charge in [-0.25, -0.2) is 16.8 Å². The first-order valence-electron chi connectivity index (χ1n) is 28.0. The summed E-state index contributed by atoms with van der Waals surface area (Å²) in [4.78, 5) is 175. The fraction of sp³-hybridized carbons (Fsp3) is 0.720. The molecule has 0 aromatic heterocycles. The first-order chi connectivity index (χ1) is 45.1. The Morgan fingerprint density at radius 1 is 0.387 bits per heavy atom. The quantitative estimate of drug-likeness (QED) is 0.0171. The van der Waals surface area contributed by atoms with Crippen LogP contribution in [0.5, 0.6) is 0 Å². The van der Waals surface area contributed by atoms with E-state index in [0.717, 1.165) is 21.0 Å². The van der Waals surface area contributed by atoms with E-state index in [-0.39, 0.29) is 266 Å². The molecule has 20 unspecified atom stereocenters. The van der Waals surface area contributed by atoms with Crippen molar-refractivity contribution in [3.05, 3.63) is 0 Å². The van der Waals surface area contributed by atoms with Crippen LogP contribution in [0.2, 0.25) is 0 Å². The Kier molecular flexibility index (Phi) is 62.6. The molecule has 0 aromatic rings. The molecule has 0 aromatic carbocycles. The van der Waals surface area contributed by atoms with Crippen LogP contribution in [-0.2, 0) is 158 Å². The van der Waals surface area contributed by atoms with Crippen molar-refractivity contribution >= 4 is 104 Å². The zero-order chi connectivity index (χ0) is 73.1. The summed E-state index contributed by atoms with van der Waals surface area (Å²) in [6.07, 6.45) is -58.8. The van der Waals surface area contributed by atoms with E-state index in [2.05, 4.69) is 9.50 Å². The van der Waals surface area contributed by atoms with Crippen molar-refractivity contribution in [2.75, 3.05) is 20.3 Å². The molecule has 4 saturated heterocycles. The molecule has 0 aliphatic carbocycles. The molecule has 20 atom stereocenters. The van der Waals surface area contributed by atoms with E-state index in [0.29, 0.717) is 6.92 Å². The molecule has 56 heteroatoms. The minimum atomic E-state index is -6.37. The second kappa shape index (κ2) is 56.3. The van der Waals surface area contributed by atoms with E-state index in [1.165, 1.54) is 0 Å². The van der Waals surface area contributed by atoms with Crippen molar-refractivity contribution in [1.29, 1.82) is 0 Å². The van der Waals surface area contributed by atoms with Crippen LogP contribution >= 0.6 is 0 Å². The van der Waals surface area contributed by atoms with Crippen molar-refractivity contribution < 1.29 is 470 Å². The van der Waals surface area contributed by atoms with Crippen LogP contribution in [0.1, 0.15) is 85.0 Å². The van der Waals surface area contributed by atoms with Gasteiger partial charge in [0.15, 0.2) is 37.2 Å². The van der Waals surface area contributed by atoms with Gasteiger partial charge in [0, 0.05) is 50.8 Å². The number of nitrogens with one attached hydrogen (secondary N) is 2. The summed E-state index contributed by atoms with van der Waals surface area (Å²) < 4.78 is 156. The van der Waals surface area contributed by atoms with Crippen LogP contribution in [0.15, 0.2) is 0 Å². The number of ether oxygens (including phenoxy) is 13. The first kappa shape index (κ1) is 118. The number of carbonyl (C=O) groups is 14. The third-order valence-corrected chi connectivity index (χ3v) is 14.6. The van der Waals surface area contributed by atoms with Crippen molar-refractivity contribution in [2.45, 2.75) is 207 Å². The van der Waals surface area contributed by atoms with Gasteiger partial charge in [-0.3, -0.25) is 41.9 Å². The molecule has 4 heterocycles. The van der Waals surface area contributed by atoms with Gasteiger partial charge in [0.25, 0.3) is 0 Å². The minimum absolute atomic E-state index is 0. The Hall–Kier alpha value is 0.960. The number of carbonyl (C=O) groups excluding carboxylic acids is 14. The molecule has 4 aliphatic rings. The molecule has 45 nitrogen and oxygen atoms in total. The second-order valence-corrected chi connectivity index (χ2v) is 22.9. The number of methoxy groups -OCH3 is 1. The average Bonchev–Trinajstić information content (AvgIpc) is 0.783. The summed E-state index contributed by atoms with van der Waals surface area (Å²) in [7, 11) is -11.6. The monoisotopic (exact) mass is 1650 g/mol. The molecule has 4 rings (SSSR count). The Bertz CT molecular complexity index is 3170. The number of hydrogen-bond donors (Lipinski definition) is 3. The Morgan fingerprint density at radius 3 is 1.04 bits per heavy atom. The molecular weight excluding hydrogens is 1590 g/mol. The number of esters is 5. The average molecular weight is 1650 g/mol. The Labute approximate surface area is 800 Å².